The molecular formula is C17H33IN4O3S. The standard InChI is InChI=1S/C17H32N4O3S.HI/c1-5-25(22,23)21-9-6-12(7-10-21)19-16(18-4)20-14-13-8-11-24-15(13)17(14,2)3;/h12-15H,5-11H2,1-4H3,(H2,18,19,20);1H. The van der Waals surface area contributed by atoms with Crippen LogP contribution in [-0.4, -0.2) is 69.4 Å². The fourth-order valence-electron chi connectivity index (χ4n) is 4.59. The zero-order valence-corrected chi connectivity index (χ0v) is 19.3. The van der Waals surface area contributed by atoms with Gasteiger partial charge in [-0.05, 0) is 26.2 Å². The molecule has 0 aromatic carbocycles. The Kier molecular flexibility index (Phi) is 7.23. The number of piperidine rings is 1. The first-order chi connectivity index (χ1) is 11.8. The molecule has 3 fully saturated rings. The highest BCUT2D eigenvalue weighted by molar-refractivity contribution is 14.0. The van der Waals surface area contributed by atoms with Crippen molar-refractivity contribution >= 4 is 40.0 Å². The van der Waals surface area contributed by atoms with E-state index in [9.17, 15) is 8.42 Å². The molecule has 2 aliphatic heterocycles. The van der Waals surface area contributed by atoms with Crippen LogP contribution in [0.25, 0.3) is 0 Å². The molecule has 0 aromatic rings. The SMILES string of the molecule is CCS(=O)(=O)N1CCC(NC(=NC)NC2C3CCOC3C2(C)C)CC1.I. The van der Waals surface area contributed by atoms with E-state index in [2.05, 4.69) is 29.5 Å². The number of aliphatic imine (C=N–C) groups is 1. The van der Waals surface area contributed by atoms with Gasteiger partial charge in [-0.2, -0.15) is 0 Å². The summed E-state index contributed by atoms with van der Waals surface area (Å²) in [5.74, 6) is 1.56. The van der Waals surface area contributed by atoms with Crippen LogP contribution < -0.4 is 10.6 Å². The molecule has 7 nitrogen and oxygen atoms in total. The van der Waals surface area contributed by atoms with E-state index in [1.807, 2.05) is 0 Å². The summed E-state index contributed by atoms with van der Waals surface area (Å²) in [5, 5.41) is 7.08. The molecule has 3 aliphatic rings. The molecule has 0 aromatic heterocycles. The molecule has 2 N–H and O–H groups in total. The first-order valence-corrected chi connectivity index (χ1v) is 11.0. The Bertz CT molecular complexity index is 617. The molecule has 3 unspecified atom stereocenters. The summed E-state index contributed by atoms with van der Waals surface area (Å²) in [6.45, 7) is 8.22. The minimum absolute atomic E-state index is 0. The number of ether oxygens (including phenoxy) is 1. The van der Waals surface area contributed by atoms with Gasteiger partial charge in [-0.3, -0.25) is 4.99 Å². The number of hydrogen-bond acceptors (Lipinski definition) is 4. The van der Waals surface area contributed by atoms with E-state index >= 15 is 0 Å². The molecule has 1 saturated carbocycles. The van der Waals surface area contributed by atoms with E-state index in [1.165, 1.54) is 0 Å². The molecule has 9 heteroatoms. The summed E-state index contributed by atoms with van der Waals surface area (Å²) in [6, 6.07) is 0.625. The molecule has 0 spiro atoms. The largest absolute Gasteiger partial charge is 0.377 e. The summed E-state index contributed by atoms with van der Waals surface area (Å²) in [6.07, 6.45) is 3.08. The van der Waals surface area contributed by atoms with E-state index < -0.39 is 10.0 Å². The van der Waals surface area contributed by atoms with Crippen LogP contribution in [0, 0.1) is 11.3 Å². The number of rotatable bonds is 4. The van der Waals surface area contributed by atoms with Crippen LogP contribution in [-0.2, 0) is 14.8 Å². The van der Waals surface area contributed by atoms with Gasteiger partial charge in [0.05, 0.1) is 11.9 Å². The second-order valence-electron chi connectivity index (χ2n) is 7.98. The van der Waals surface area contributed by atoms with Crippen molar-refractivity contribution in [3.8, 4) is 0 Å². The molecule has 1 aliphatic carbocycles. The van der Waals surface area contributed by atoms with Gasteiger partial charge in [-0.15, -0.1) is 24.0 Å². The van der Waals surface area contributed by atoms with Crippen molar-refractivity contribution in [2.24, 2.45) is 16.3 Å². The molecule has 3 rings (SSSR count). The van der Waals surface area contributed by atoms with E-state index in [0.29, 0.717) is 31.2 Å². The van der Waals surface area contributed by atoms with Crippen LogP contribution in [0.1, 0.15) is 40.0 Å². The van der Waals surface area contributed by atoms with Crippen molar-refractivity contribution < 1.29 is 13.2 Å². The predicted octanol–water partition coefficient (Wildman–Crippen LogP) is 1.40. The number of nitrogens with zero attached hydrogens (tertiary/aromatic N) is 2. The molecular weight excluding hydrogens is 467 g/mol. The number of nitrogens with one attached hydrogen (secondary N) is 2. The molecule has 0 bridgehead atoms. The second-order valence-corrected chi connectivity index (χ2v) is 10.2. The quantitative estimate of drug-likeness (QED) is 0.347. The maximum absolute atomic E-state index is 12.0. The smallest absolute Gasteiger partial charge is 0.213 e. The zero-order valence-electron chi connectivity index (χ0n) is 16.2. The Morgan fingerprint density at radius 1 is 1.23 bits per heavy atom. The summed E-state index contributed by atoms with van der Waals surface area (Å²) < 4.78 is 31.4. The summed E-state index contributed by atoms with van der Waals surface area (Å²) in [5.41, 5.74) is 0.108. The number of guanidine groups is 1. The first kappa shape index (κ1) is 22.2. The fraction of sp³-hybridized carbons (Fsp3) is 0.941. The zero-order chi connectivity index (χ0) is 18.2. The van der Waals surface area contributed by atoms with Crippen molar-refractivity contribution in [2.75, 3.05) is 32.5 Å². The Morgan fingerprint density at radius 3 is 2.46 bits per heavy atom. The van der Waals surface area contributed by atoms with E-state index in [-0.39, 0.29) is 41.2 Å². The monoisotopic (exact) mass is 500 g/mol. The van der Waals surface area contributed by atoms with Gasteiger partial charge in [0.1, 0.15) is 0 Å². The molecule has 2 heterocycles. The fourth-order valence-corrected chi connectivity index (χ4v) is 5.72. The van der Waals surface area contributed by atoms with Gasteiger partial charge in [-0.1, -0.05) is 13.8 Å². The lowest BCUT2D eigenvalue weighted by molar-refractivity contribution is -0.106. The third kappa shape index (κ3) is 4.15. The summed E-state index contributed by atoms with van der Waals surface area (Å²) >= 11 is 0. The molecule has 2 saturated heterocycles. The van der Waals surface area contributed by atoms with Crippen molar-refractivity contribution in [2.45, 2.75) is 58.2 Å². The maximum Gasteiger partial charge on any atom is 0.213 e. The van der Waals surface area contributed by atoms with Crippen LogP contribution >= 0.6 is 24.0 Å². The second kappa shape index (κ2) is 8.48. The Morgan fingerprint density at radius 2 is 1.88 bits per heavy atom. The lowest BCUT2D eigenvalue weighted by Gasteiger charge is -2.55. The average Bonchev–Trinajstić information content (AvgIpc) is 3.06. The molecule has 3 atom stereocenters. The predicted molar refractivity (Wildman–Crippen MR) is 115 cm³/mol. The summed E-state index contributed by atoms with van der Waals surface area (Å²) in [4.78, 5) is 4.39. The van der Waals surface area contributed by atoms with Gasteiger partial charge < -0.3 is 15.4 Å². The van der Waals surface area contributed by atoms with Gasteiger partial charge in [0.2, 0.25) is 10.0 Å². The van der Waals surface area contributed by atoms with Gasteiger partial charge in [0.25, 0.3) is 0 Å². The van der Waals surface area contributed by atoms with Crippen molar-refractivity contribution in [1.29, 1.82) is 0 Å². The van der Waals surface area contributed by atoms with Crippen LogP contribution in [0.5, 0.6) is 0 Å². The van der Waals surface area contributed by atoms with Crippen LogP contribution in [0.15, 0.2) is 4.99 Å². The van der Waals surface area contributed by atoms with Gasteiger partial charge >= 0.3 is 0 Å². The highest BCUT2D eigenvalue weighted by Gasteiger charge is 2.59. The van der Waals surface area contributed by atoms with E-state index in [4.69, 9.17) is 4.74 Å². The average molecular weight is 500 g/mol. The molecule has 26 heavy (non-hydrogen) atoms. The van der Waals surface area contributed by atoms with Crippen LogP contribution in [0.2, 0.25) is 0 Å². The Labute approximate surface area is 174 Å². The maximum atomic E-state index is 12.0. The van der Waals surface area contributed by atoms with Gasteiger partial charge in [0.15, 0.2) is 5.96 Å². The molecule has 0 amide bonds. The third-order valence-electron chi connectivity index (χ3n) is 6.17. The highest BCUT2D eigenvalue weighted by Crippen LogP contribution is 2.52. The number of fused-ring (bicyclic) bond motifs is 1. The minimum atomic E-state index is -3.07. The van der Waals surface area contributed by atoms with Gasteiger partial charge in [0, 0.05) is 50.2 Å². The molecule has 152 valence electrons. The normalized spacial score (nSPS) is 32.3. The number of sulfonamides is 1. The van der Waals surface area contributed by atoms with E-state index in [1.54, 1.807) is 18.3 Å². The topological polar surface area (TPSA) is 83.0 Å². The van der Waals surface area contributed by atoms with Crippen LogP contribution in [0.4, 0.5) is 0 Å². The highest BCUT2D eigenvalue weighted by atomic mass is 127. The van der Waals surface area contributed by atoms with Crippen molar-refractivity contribution in [3.63, 3.8) is 0 Å². The van der Waals surface area contributed by atoms with Crippen molar-refractivity contribution in [1.82, 2.24) is 14.9 Å². The molecule has 0 radical (unpaired) electrons. The van der Waals surface area contributed by atoms with Crippen LogP contribution in [0.3, 0.4) is 0 Å². The number of hydrogen-bond donors (Lipinski definition) is 2. The number of halogens is 1. The lowest BCUT2D eigenvalue weighted by Crippen LogP contribution is -2.68. The lowest BCUT2D eigenvalue weighted by atomic mass is 9.57. The Balaban J connectivity index is 0.00000243. The summed E-state index contributed by atoms with van der Waals surface area (Å²) in [7, 11) is -1.28. The Hall–Kier alpha value is -0.130. The van der Waals surface area contributed by atoms with Gasteiger partial charge in [-0.25, -0.2) is 12.7 Å². The minimum Gasteiger partial charge on any atom is -0.377 e. The van der Waals surface area contributed by atoms with Crippen molar-refractivity contribution in [3.05, 3.63) is 0 Å². The third-order valence-corrected chi connectivity index (χ3v) is 8.05. The first-order valence-electron chi connectivity index (χ1n) is 9.39. The van der Waals surface area contributed by atoms with E-state index in [0.717, 1.165) is 31.8 Å².